The number of ether oxygens (including phenoxy) is 1. The molecule has 7 heteroatoms. The average Bonchev–Trinajstić information content (AvgIpc) is 2.91. The summed E-state index contributed by atoms with van der Waals surface area (Å²) in [5.74, 6) is 0.165. The van der Waals surface area contributed by atoms with Gasteiger partial charge in [-0.15, -0.1) is 0 Å². The Morgan fingerprint density at radius 2 is 2.00 bits per heavy atom. The molecular formula is C13H25N5O2. The molecule has 114 valence electrons. The van der Waals surface area contributed by atoms with Crippen molar-refractivity contribution in [2.24, 2.45) is 5.73 Å². The maximum atomic E-state index is 12.1. The number of piperazine rings is 1. The van der Waals surface area contributed by atoms with Crippen molar-refractivity contribution in [1.29, 1.82) is 5.41 Å². The normalized spacial score (nSPS) is 24.7. The van der Waals surface area contributed by atoms with Gasteiger partial charge < -0.3 is 20.7 Å². The number of amides is 2. The molecule has 2 rings (SSSR count). The monoisotopic (exact) mass is 283 g/mol. The molecule has 1 unspecified atom stereocenters. The number of nitrogens with zero attached hydrogens (tertiary/aromatic N) is 2. The van der Waals surface area contributed by atoms with Crippen LogP contribution < -0.4 is 11.1 Å². The molecule has 2 aliphatic rings. The van der Waals surface area contributed by atoms with E-state index in [2.05, 4.69) is 10.2 Å². The highest BCUT2D eigenvalue weighted by molar-refractivity contribution is 5.86. The summed E-state index contributed by atoms with van der Waals surface area (Å²) in [6.45, 7) is 8.03. The molecule has 2 aliphatic heterocycles. The van der Waals surface area contributed by atoms with Gasteiger partial charge in [-0.05, 0) is 20.3 Å². The number of nitrogens with one attached hydrogen (secondary N) is 2. The van der Waals surface area contributed by atoms with E-state index in [-0.39, 0.29) is 17.9 Å². The Balaban J connectivity index is 1.81. The molecule has 0 aliphatic carbocycles. The molecule has 4 N–H and O–H groups in total. The van der Waals surface area contributed by atoms with E-state index in [1.165, 1.54) is 0 Å². The van der Waals surface area contributed by atoms with E-state index in [4.69, 9.17) is 15.9 Å². The molecule has 2 fully saturated rings. The van der Waals surface area contributed by atoms with Crippen LogP contribution in [-0.2, 0) is 4.74 Å². The third kappa shape index (κ3) is 3.21. The minimum absolute atomic E-state index is 0.0132. The standard InChI is InChI=1S/C13H25N5O2/c1-13(2,11(14)15)18-6-4-17(5-7-18)12(19)16-10-3-8-20-9-10/h10H,3-9H2,1-2H3,(H3,14,15)(H,16,19). The third-order valence-corrected chi connectivity index (χ3v) is 4.27. The van der Waals surface area contributed by atoms with E-state index in [0.29, 0.717) is 19.7 Å². The fourth-order valence-electron chi connectivity index (χ4n) is 2.55. The molecule has 0 bridgehead atoms. The topological polar surface area (TPSA) is 94.7 Å². The number of rotatable bonds is 3. The molecular weight excluding hydrogens is 258 g/mol. The predicted molar refractivity (Wildman–Crippen MR) is 76.9 cm³/mol. The van der Waals surface area contributed by atoms with E-state index < -0.39 is 5.54 Å². The van der Waals surface area contributed by atoms with Crippen molar-refractivity contribution in [3.05, 3.63) is 0 Å². The maximum Gasteiger partial charge on any atom is 0.317 e. The largest absolute Gasteiger partial charge is 0.386 e. The number of urea groups is 1. The zero-order valence-corrected chi connectivity index (χ0v) is 12.3. The fraction of sp³-hybridized carbons (Fsp3) is 0.846. The van der Waals surface area contributed by atoms with Gasteiger partial charge in [0, 0.05) is 32.8 Å². The van der Waals surface area contributed by atoms with Crippen molar-refractivity contribution >= 4 is 11.9 Å². The lowest BCUT2D eigenvalue weighted by Gasteiger charge is -2.43. The Labute approximate surface area is 119 Å². The highest BCUT2D eigenvalue weighted by atomic mass is 16.5. The Kier molecular flexibility index (Phi) is 4.49. The van der Waals surface area contributed by atoms with Crippen LogP contribution in [0.1, 0.15) is 20.3 Å². The quantitative estimate of drug-likeness (QED) is 0.494. The second-order valence-corrected chi connectivity index (χ2v) is 5.96. The first-order valence-corrected chi connectivity index (χ1v) is 7.14. The summed E-state index contributed by atoms with van der Waals surface area (Å²) in [5, 5.41) is 10.6. The Hall–Kier alpha value is -1.34. The third-order valence-electron chi connectivity index (χ3n) is 4.27. The van der Waals surface area contributed by atoms with Gasteiger partial charge in [0.15, 0.2) is 0 Å². The number of carbonyl (C=O) groups excluding carboxylic acids is 1. The highest BCUT2D eigenvalue weighted by Crippen LogP contribution is 2.17. The molecule has 20 heavy (non-hydrogen) atoms. The minimum atomic E-state index is -0.443. The van der Waals surface area contributed by atoms with E-state index >= 15 is 0 Å². The van der Waals surface area contributed by atoms with Gasteiger partial charge in [-0.25, -0.2) is 4.79 Å². The molecule has 0 aromatic carbocycles. The summed E-state index contributed by atoms with van der Waals surface area (Å²) in [6.07, 6.45) is 0.892. The zero-order chi connectivity index (χ0) is 14.8. The van der Waals surface area contributed by atoms with Gasteiger partial charge in [-0.1, -0.05) is 0 Å². The zero-order valence-electron chi connectivity index (χ0n) is 12.3. The first kappa shape index (κ1) is 15.1. The second kappa shape index (κ2) is 5.97. The van der Waals surface area contributed by atoms with Crippen LogP contribution in [0.3, 0.4) is 0 Å². The first-order chi connectivity index (χ1) is 9.41. The van der Waals surface area contributed by atoms with Crippen molar-refractivity contribution in [2.45, 2.75) is 31.8 Å². The summed E-state index contributed by atoms with van der Waals surface area (Å²) >= 11 is 0. The molecule has 0 aromatic rings. The van der Waals surface area contributed by atoms with Crippen LogP contribution in [0.5, 0.6) is 0 Å². The Morgan fingerprint density at radius 3 is 2.50 bits per heavy atom. The van der Waals surface area contributed by atoms with Crippen molar-refractivity contribution in [3.8, 4) is 0 Å². The summed E-state index contributed by atoms with van der Waals surface area (Å²) in [5.41, 5.74) is 5.20. The molecule has 0 saturated carbocycles. The van der Waals surface area contributed by atoms with Crippen molar-refractivity contribution in [1.82, 2.24) is 15.1 Å². The maximum absolute atomic E-state index is 12.1. The molecule has 0 radical (unpaired) electrons. The van der Waals surface area contributed by atoms with E-state index in [1.807, 2.05) is 18.7 Å². The summed E-state index contributed by atoms with van der Waals surface area (Å²) < 4.78 is 5.25. The van der Waals surface area contributed by atoms with Crippen LogP contribution in [0, 0.1) is 5.41 Å². The van der Waals surface area contributed by atoms with Gasteiger partial charge >= 0.3 is 6.03 Å². The van der Waals surface area contributed by atoms with Crippen LogP contribution in [0.4, 0.5) is 4.79 Å². The van der Waals surface area contributed by atoms with E-state index in [1.54, 1.807) is 0 Å². The molecule has 7 nitrogen and oxygen atoms in total. The SMILES string of the molecule is CC(C)(C(=N)N)N1CCN(C(=O)NC2CCOC2)CC1. The number of carbonyl (C=O) groups is 1. The van der Waals surface area contributed by atoms with Crippen LogP contribution >= 0.6 is 0 Å². The van der Waals surface area contributed by atoms with E-state index in [9.17, 15) is 4.79 Å². The lowest BCUT2D eigenvalue weighted by molar-refractivity contribution is 0.0953. The van der Waals surface area contributed by atoms with Crippen LogP contribution in [0.2, 0.25) is 0 Å². The number of hydrogen-bond acceptors (Lipinski definition) is 4. The van der Waals surface area contributed by atoms with Crippen LogP contribution in [0.15, 0.2) is 0 Å². The van der Waals surface area contributed by atoms with Crippen LogP contribution in [-0.4, -0.2) is 72.6 Å². The van der Waals surface area contributed by atoms with Crippen molar-refractivity contribution in [2.75, 3.05) is 39.4 Å². The molecule has 0 spiro atoms. The predicted octanol–water partition coefficient (Wildman–Crippen LogP) is -0.183. The van der Waals surface area contributed by atoms with Gasteiger partial charge in [0.05, 0.1) is 18.2 Å². The minimum Gasteiger partial charge on any atom is -0.386 e. The molecule has 2 saturated heterocycles. The Bertz CT molecular complexity index is 371. The summed E-state index contributed by atoms with van der Waals surface area (Å²) in [4.78, 5) is 16.1. The van der Waals surface area contributed by atoms with Gasteiger partial charge in [0.2, 0.25) is 0 Å². The highest BCUT2D eigenvalue weighted by Gasteiger charge is 2.34. The summed E-state index contributed by atoms with van der Waals surface area (Å²) in [6, 6.07) is 0.134. The lowest BCUT2D eigenvalue weighted by Crippen LogP contribution is -2.61. The molecule has 1 atom stereocenters. The fourth-order valence-corrected chi connectivity index (χ4v) is 2.55. The summed E-state index contributed by atoms with van der Waals surface area (Å²) in [7, 11) is 0. The number of nitrogens with two attached hydrogens (primary N) is 1. The number of hydrogen-bond donors (Lipinski definition) is 3. The van der Waals surface area contributed by atoms with Gasteiger partial charge in [0.25, 0.3) is 0 Å². The second-order valence-electron chi connectivity index (χ2n) is 5.96. The Morgan fingerprint density at radius 1 is 1.35 bits per heavy atom. The van der Waals surface area contributed by atoms with Crippen molar-refractivity contribution in [3.63, 3.8) is 0 Å². The lowest BCUT2D eigenvalue weighted by atomic mass is 10.0. The molecule has 0 aromatic heterocycles. The van der Waals surface area contributed by atoms with Gasteiger partial charge in [0.1, 0.15) is 5.84 Å². The molecule has 2 amide bonds. The number of amidine groups is 1. The van der Waals surface area contributed by atoms with Crippen LogP contribution in [0.25, 0.3) is 0 Å². The van der Waals surface area contributed by atoms with Gasteiger partial charge in [-0.2, -0.15) is 0 Å². The van der Waals surface area contributed by atoms with E-state index in [0.717, 1.165) is 26.1 Å². The first-order valence-electron chi connectivity index (χ1n) is 7.14. The average molecular weight is 283 g/mol. The smallest absolute Gasteiger partial charge is 0.317 e. The molecule has 2 heterocycles. The van der Waals surface area contributed by atoms with Crippen molar-refractivity contribution < 1.29 is 9.53 Å². The van der Waals surface area contributed by atoms with Gasteiger partial charge in [-0.3, -0.25) is 10.3 Å².